The summed E-state index contributed by atoms with van der Waals surface area (Å²) in [7, 11) is 0. The molecule has 112 valence electrons. The highest BCUT2D eigenvalue weighted by atomic mass is 16.2. The molecule has 22 heavy (non-hydrogen) atoms. The van der Waals surface area contributed by atoms with Crippen molar-refractivity contribution in [3.8, 4) is 0 Å². The quantitative estimate of drug-likeness (QED) is 0.916. The van der Waals surface area contributed by atoms with Crippen LogP contribution in [0, 0.1) is 0 Å². The third-order valence-corrected chi connectivity index (χ3v) is 4.76. The Balaban J connectivity index is 1.62. The molecular formula is C19H20N2O. The number of likely N-dealkylation sites (tertiary alicyclic amines) is 1. The van der Waals surface area contributed by atoms with Gasteiger partial charge in [0.1, 0.15) is 0 Å². The number of rotatable bonds is 2. The number of hydrogen-bond donors (Lipinski definition) is 1. The van der Waals surface area contributed by atoms with E-state index in [2.05, 4.69) is 35.6 Å². The molecule has 0 bridgehead atoms. The van der Waals surface area contributed by atoms with Crippen molar-refractivity contribution in [1.82, 2.24) is 4.90 Å². The summed E-state index contributed by atoms with van der Waals surface area (Å²) >= 11 is 0. The van der Waals surface area contributed by atoms with E-state index < -0.39 is 0 Å². The molecule has 2 aliphatic heterocycles. The molecule has 1 amide bonds. The van der Waals surface area contributed by atoms with Gasteiger partial charge in [0.15, 0.2) is 0 Å². The number of hydrogen-bond acceptors (Lipinski definition) is 2. The molecule has 1 atom stereocenters. The lowest BCUT2D eigenvalue weighted by Gasteiger charge is -2.25. The van der Waals surface area contributed by atoms with Gasteiger partial charge in [-0.25, -0.2) is 0 Å². The fraction of sp³-hybridized carbons (Fsp3) is 0.316. The first-order valence-corrected chi connectivity index (χ1v) is 8.05. The first kappa shape index (κ1) is 13.4. The Hall–Kier alpha value is -2.29. The monoisotopic (exact) mass is 292 g/mol. The number of carbonyl (C=O) groups excluding carboxylic acids is 1. The van der Waals surface area contributed by atoms with E-state index in [9.17, 15) is 4.79 Å². The van der Waals surface area contributed by atoms with Crippen LogP contribution in [0.4, 0.5) is 5.69 Å². The van der Waals surface area contributed by atoms with Gasteiger partial charge < -0.3 is 10.2 Å². The van der Waals surface area contributed by atoms with Crippen LogP contribution in [0.1, 0.15) is 40.4 Å². The molecule has 0 spiro atoms. The normalized spacial score (nSPS) is 19.8. The molecule has 2 aromatic carbocycles. The predicted octanol–water partition coefficient (Wildman–Crippen LogP) is 3.63. The van der Waals surface area contributed by atoms with Crippen molar-refractivity contribution < 1.29 is 4.79 Å². The Bertz CT molecular complexity index is 696. The van der Waals surface area contributed by atoms with E-state index in [1.165, 1.54) is 16.8 Å². The number of benzene rings is 2. The molecule has 4 rings (SSSR count). The van der Waals surface area contributed by atoms with E-state index in [1.807, 2.05) is 23.1 Å². The Kier molecular flexibility index (Phi) is 3.34. The molecule has 3 nitrogen and oxygen atoms in total. The first-order valence-electron chi connectivity index (χ1n) is 8.05. The van der Waals surface area contributed by atoms with Gasteiger partial charge >= 0.3 is 0 Å². The lowest BCUT2D eigenvalue weighted by atomic mass is 10.0. The SMILES string of the molecule is O=C(c1ccc2c(c1)CCN2)N1CCCC1c1ccccc1. The summed E-state index contributed by atoms with van der Waals surface area (Å²) in [5.41, 5.74) is 4.51. The molecule has 2 heterocycles. The second kappa shape index (κ2) is 5.48. The number of nitrogens with one attached hydrogen (secondary N) is 1. The maximum Gasteiger partial charge on any atom is 0.254 e. The highest BCUT2D eigenvalue weighted by Crippen LogP contribution is 2.33. The van der Waals surface area contributed by atoms with E-state index in [0.717, 1.165) is 37.9 Å². The summed E-state index contributed by atoms with van der Waals surface area (Å²) in [6.07, 6.45) is 3.15. The number of fused-ring (bicyclic) bond motifs is 1. The van der Waals surface area contributed by atoms with Crippen molar-refractivity contribution in [1.29, 1.82) is 0 Å². The summed E-state index contributed by atoms with van der Waals surface area (Å²) in [4.78, 5) is 15.0. The molecule has 0 radical (unpaired) electrons. The zero-order valence-corrected chi connectivity index (χ0v) is 12.6. The van der Waals surface area contributed by atoms with E-state index in [4.69, 9.17) is 0 Å². The van der Waals surface area contributed by atoms with E-state index in [-0.39, 0.29) is 11.9 Å². The van der Waals surface area contributed by atoms with Crippen LogP contribution in [0.25, 0.3) is 0 Å². The highest BCUT2D eigenvalue weighted by Gasteiger charge is 2.30. The minimum atomic E-state index is 0.168. The van der Waals surface area contributed by atoms with Gasteiger partial charge in [0.2, 0.25) is 0 Å². The van der Waals surface area contributed by atoms with Crippen LogP contribution in [0.2, 0.25) is 0 Å². The average molecular weight is 292 g/mol. The molecular weight excluding hydrogens is 272 g/mol. The van der Waals surface area contributed by atoms with Gasteiger partial charge in [-0.2, -0.15) is 0 Å². The molecule has 0 aliphatic carbocycles. The second-order valence-electron chi connectivity index (χ2n) is 6.12. The maximum absolute atomic E-state index is 12.9. The molecule has 2 aliphatic rings. The number of anilines is 1. The van der Waals surface area contributed by atoms with Gasteiger partial charge in [-0.15, -0.1) is 0 Å². The molecule has 0 saturated carbocycles. The van der Waals surface area contributed by atoms with E-state index >= 15 is 0 Å². The van der Waals surface area contributed by atoms with Gasteiger partial charge in [-0.3, -0.25) is 4.79 Å². The zero-order chi connectivity index (χ0) is 14.9. The standard InChI is InChI=1S/C19H20N2O/c22-19(16-8-9-17-15(13-16)10-11-20-17)21-12-4-7-18(21)14-5-2-1-3-6-14/h1-3,5-6,8-9,13,18,20H,4,7,10-12H2. The topological polar surface area (TPSA) is 32.3 Å². The van der Waals surface area contributed by atoms with Crippen LogP contribution in [-0.4, -0.2) is 23.9 Å². The van der Waals surface area contributed by atoms with Gasteiger partial charge in [0.25, 0.3) is 5.91 Å². The zero-order valence-electron chi connectivity index (χ0n) is 12.6. The van der Waals surface area contributed by atoms with Gasteiger partial charge in [-0.05, 0) is 48.6 Å². The summed E-state index contributed by atoms with van der Waals surface area (Å²) < 4.78 is 0. The van der Waals surface area contributed by atoms with Crippen molar-refractivity contribution in [2.75, 3.05) is 18.4 Å². The van der Waals surface area contributed by atoms with Crippen LogP contribution in [0.5, 0.6) is 0 Å². The van der Waals surface area contributed by atoms with E-state index in [1.54, 1.807) is 0 Å². The van der Waals surface area contributed by atoms with Crippen LogP contribution in [0.3, 0.4) is 0 Å². The Morgan fingerprint density at radius 3 is 2.86 bits per heavy atom. The van der Waals surface area contributed by atoms with Gasteiger partial charge in [0.05, 0.1) is 6.04 Å². The number of amides is 1. The molecule has 1 saturated heterocycles. The molecule has 2 aromatic rings. The lowest BCUT2D eigenvalue weighted by Crippen LogP contribution is -2.30. The summed E-state index contributed by atoms with van der Waals surface area (Å²) in [5, 5.41) is 3.35. The Labute approximate surface area is 131 Å². The highest BCUT2D eigenvalue weighted by molar-refractivity contribution is 5.95. The van der Waals surface area contributed by atoms with Crippen molar-refractivity contribution in [3.05, 3.63) is 65.2 Å². The molecule has 1 unspecified atom stereocenters. The third kappa shape index (κ3) is 2.27. The van der Waals surface area contributed by atoms with Crippen molar-refractivity contribution in [2.45, 2.75) is 25.3 Å². The summed E-state index contributed by atoms with van der Waals surface area (Å²) in [6, 6.07) is 16.7. The molecule has 3 heteroatoms. The number of nitrogens with zero attached hydrogens (tertiary/aromatic N) is 1. The third-order valence-electron chi connectivity index (χ3n) is 4.76. The van der Waals surface area contributed by atoms with Crippen LogP contribution in [-0.2, 0) is 6.42 Å². The average Bonchev–Trinajstić information content (AvgIpc) is 3.23. The molecule has 1 fully saturated rings. The van der Waals surface area contributed by atoms with Crippen molar-refractivity contribution >= 4 is 11.6 Å². The molecule has 1 N–H and O–H groups in total. The largest absolute Gasteiger partial charge is 0.384 e. The second-order valence-corrected chi connectivity index (χ2v) is 6.12. The summed E-state index contributed by atoms with van der Waals surface area (Å²) in [5.74, 6) is 0.168. The fourth-order valence-electron chi connectivity index (χ4n) is 3.64. The maximum atomic E-state index is 12.9. The van der Waals surface area contributed by atoms with E-state index in [0.29, 0.717) is 0 Å². The Morgan fingerprint density at radius 2 is 2.00 bits per heavy atom. The number of carbonyl (C=O) groups is 1. The van der Waals surface area contributed by atoms with Crippen LogP contribution in [0.15, 0.2) is 48.5 Å². The minimum Gasteiger partial charge on any atom is -0.384 e. The Morgan fingerprint density at radius 1 is 1.14 bits per heavy atom. The van der Waals surface area contributed by atoms with Gasteiger partial charge in [0, 0.05) is 24.3 Å². The van der Waals surface area contributed by atoms with Crippen molar-refractivity contribution in [2.24, 2.45) is 0 Å². The predicted molar refractivity (Wildman–Crippen MR) is 88.1 cm³/mol. The van der Waals surface area contributed by atoms with Crippen molar-refractivity contribution in [3.63, 3.8) is 0 Å². The summed E-state index contributed by atoms with van der Waals surface area (Å²) in [6.45, 7) is 1.83. The van der Waals surface area contributed by atoms with Crippen LogP contribution < -0.4 is 5.32 Å². The lowest BCUT2D eigenvalue weighted by molar-refractivity contribution is 0.0735. The minimum absolute atomic E-state index is 0.168. The fourth-order valence-corrected chi connectivity index (χ4v) is 3.64. The smallest absolute Gasteiger partial charge is 0.254 e. The van der Waals surface area contributed by atoms with Crippen LogP contribution >= 0.6 is 0 Å². The molecule has 0 aromatic heterocycles. The first-order chi connectivity index (χ1) is 10.8. The van der Waals surface area contributed by atoms with Gasteiger partial charge in [-0.1, -0.05) is 30.3 Å².